The van der Waals surface area contributed by atoms with E-state index >= 15 is 0 Å². The molecule has 1 N–H and O–H groups in total. The Morgan fingerprint density at radius 2 is 2.00 bits per heavy atom. The number of aliphatic hydroxyl groups is 1. The number of alkyl halides is 3. The predicted molar refractivity (Wildman–Crippen MR) is 67.5 cm³/mol. The van der Waals surface area contributed by atoms with Crippen LogP contribution in [0.15, 0.2) is 23.1 Å². The van der Waals surface area contributed by atoms with Gasteiger partial charge >= 0.3 is 6.18 Å². The topological polar surface area (TPSA) is 20.2 Å². The molecule has 0 heterocycles. The summed E-state index contributed by atoms with van der Waals surface area (Å²) in [5, 5.41) is 8.92. The van der Waals surface area contributed by atoms with Gasteiger partial charge in [-0.25, -0.2) is 0 Å². The smallest absolute Gasteiger partial charge is 0.392 e. The number of rotatable bonds is 5. The van der Waals surface area contributed by atoms with Crippen molar-refractivity contribution in [1.82, 2.24) is 0 Å². The lowest BCUT2D eigenvalue weighted by atomic mass is 10.1. The van der Waals surface area contributed by atoms with Gasteiger partial charge in [0.2, 0.25) is 0 Å². The van der Waals surface area contributed by atoms with Crippen LogP contribution in [0.3, 0.4) is 0 Å². The van der Waals surface area contributed by atoms with Crippen molar-refractivity contribution in [3.63, 3.8) is 0 Å². The Morgan fingerprint density at radius 3 is 2.50 bits per heavy atom. The van der Waals surface area contributed by atoms with Crippen molar-refractivity contribution in [2.24, 2.45) is 5.92 Å². The van der Waals surface area contributed by atoms with Crippen LogP contribution in [-0.4, -0.2) is 10.9 Å². The van der Waals surface area contributed by atoms with Crippen molar-refractivity contribution >= 4 is 11.8 Å². The van der Waals surface area contributed by atoms with Gasteiger partial charge in [0.25, 0.3) is 0 Å². The highest BCUT2D eigenvalue weighted by Gasteiger charge is 2.33. The molecule has 1 aromatic rings. The minimum atomic E-state index is -4.41. The van der Waals surface area contributed by atoms with Gasteiger partial charge in [0, 0.05) is 10.6 Å². The van der Waals surface area contributed by atoms with E-state index in [0.29, 0.717) is 10.8 Å². The van der Waals surface area contributed by atoms with E-state index in [9.17, 15) is 13.2 Å². The van der Waals surface area contributed by atoms with Crippen molar-refractivity contribution in [3.05, 3.63) is 29.3 Å². The number of halogens is 3. The lowest BCUT2D eigenvalue weighted by Gasteiger charge is -2.14. The SMILES string of the molecule is CCC(C)CSc1ccc(CO)c(C(F)(F)F)c1. The molecule has 0 fully saturated rings. The molecule has 5 heteroatoms. The molecule has 0 saturated heterocycles. The molecular formula is C13H17F3OS. The van der Waals surface area contributed by atoms with Gasteiger partial charge in [-0.3, -0.25) is 0 Å². The van der Waals surface area contributed by atoms with Crippen molar-refractivity contribution in [3.8, 4) is 0 Å². The molecule has 0 spiro atoms. The summed E-state index contributed by atoms with van der Waals surface area (Å²) in [5.41, 5.74) is -0.811. The zero-order valence-corrected chi connectivity index (χ0v) is 11.2. The Morgan fingerprint density at radius 1 is 1.33 bits per heavy atom. The van der Waals surface area contributed by atoms with Crippen LogP contribution in [0.25, 0.3) is 0 Å². The molecule has 0 saturated carbocycles. The third kappa shape index (κ3) is 4.21. The molecule has 1 nitrogen and oxygen atoms in total. The maximum Gasteiger partial charge on any atom is 0.416 e. The molecule has 0 aromatic heterocycles. The van der Waals surface area contributed by atoms with Gasteiger partial charge in [-0.15, -0.1) is 11.8 Å². The van der Waals surface area contributed by atoms with Gasteiger partial charge in [0.05, 0.1) is 12.2 Å². The first kappa shape index (κ1) is 15.4. The molecule has 0 aliphatic carbocycles. The fraction of sp³-hybridized carbons (Fsp3) is 0.538. The maximum atomic E-state index is 12.8. The van der Waals surface area contributed by atoms with Gasteiger partial charge in [-0.1, -0.05) is 26.3 Å². The minimum absolute atomic E-state index is 0.0737. The second kappa shape index (κ2) is 6.48. The van der Waals surface area contributed by atoms with E-state index in [-0.39, 0.29) is 5.56 Å². The number of thioether (sulfide) groups is 1. The Balaban J connectivity index is 2.90. The fourth-order valence-electron chi connectivity index (χ4n) is 1.40. The molecule has 18 heavy (non-hydrogen) atoms. The van der Waals surface area contributed by atoms with E-state index in [0.717, 1.165) is 18.2 Å². The summed E-state index contributed by atoms with van der Waals surface area (Å²) in [6.45, 7) is 3.53. The van der Waals surface area contributed by atoms with Crippen molar-refractivity contribution in [2.75, 3.05) is 5.75 Å². The van der Waals surface area contributed by atoms with Crippen molar-refractivity contribution < 1.29 is 18.3 Å². The number of aliphatic hydroxyl groups excluding tert-OH is 1. The van der Waals surface area contributed by atoms with Crippen LogP contribution in [0.1, 0.15) is 31.4 Å². The summed E-state index contributed by atoms with van der Waals surface area (Å²) >= 11 is 1.42. The Labute approximate surface area is 109 Å². The molecule has 1 atom stereocenters. The summed E-state index contributed by atoms with van der Waals surface area (Å²) in [4.78, 5) is 0.597. The summed E-state index contributed by atoms with van der Waals surface area (Å²) in [6.07, 6.45) is -3.40. The Bertz CT molecular complexity index is 390. The number of hydrogen-bond acceptors (Lipinski definition) is 2. The van der Waals surface area contributed by atoms with Crippen molar-refractivity contribution in [1.29, 1.82) is 0 Å². The molecule has 0 amide bonds. The van der Waals surface area contributed by atoms with Gasteiger partial charge in [-0.2, -0.15) is 13.2 Å². The van der Waals surface area contributed by atoms with E-state index in [2.05, 4.69) is 13.8 Å². The summed E-state index contributed by atoms with van der Waals surface area (Å²) in [6, 6.07) is 4.11. The fourth-order valence-corrected chi connectivity index (χ4v) is 2.48. The highest BCUT2D eigenvalue weighted by Crippen LogP contribution is 2.35. The Hall–Kier alpha value is -0.680. The average molecular weight is 278 g/mol. The van der Waals surface area contributed by atoms with Gasteiger partial charge in [0.15, 0.2) is 0 Å². The van der Waals surface area contributed by atoms with E-state index < -0.39 is 18.3 Å². The van der Waals surface area contributed by atoms with E-state index in [4.69, 9.17) is 5.11 Å². The molecule has 1 aromatic carbocycles. The molecular weight excluding hydrogens is 261 g/mol. The highest BCUT2D eigenvalue weighted by atomic mass is 32.2. The average Bonchev–Trinajstić information content (AvgIpc) is 2.34. The van der Waals surface area contributed by atoms with Crippen LogP contribution in [0, 0.1) is 5.92 Å². The number of hydrogen-bond donors (Lipinski definition) is 1. The monoisotopic (exact) mass is 278 g/mol. The van der Waals surface area contributed by atoms with Crippen LogP contribution in [-0.2, 0) is 12.8 Å². The lowest BCUT2D eigenvalue weighted by Crippen LogP contribution is -2.09. The van der Waals surface area contributed by atoms with E-state index in [1.165, 1.54) is 17.8 Å². The third-order valence-electron chi connectivity index (χ3n) is 2.79. The van der Waals surface area contributed by atoms with Gasteiger partial charge < -0.3 is 5.11 Å². The van der Waals surface area contributed by atoms with Crippen molar-refractivity contribution in [2.45, 2.75) is 37.9 Å². The number of benzene rings is 1. The second-order valence-electron chi connectivity index (χ2n) is 4.30. The standard InChI is InChI=1S/C13H17F3OS/c1-3-9(2)8-18-11-5-4-10(7-17)12(6-11)13(14,15)16/h4-6,9,17H,3,7-8H2,1-2H3. The second-order valence-corrected chi connectivity index (χ2v) is 5.39. The minimum Gasteiger partial charge on any atom is -0.392 e. The van der Waals surface area contributed by atoms with E-state index in [1.807, 2.05) is 0 Å². The van der Waals surface area contributed by atoms with E-state index in [1.54, 1.807) is 6.07 Å². The van der Waals surface area contributed by atoms with Crippen LogP contribution in [0.2, 0.25) is 0 Å². The molecule has 0 aliphatic rings. The normalized spacial score (nSPS) is 13.7. The first-order chi connectivity index (χ1) is 8.38. The largest absolute Gasteiger partial charge is 0.416 e. The van der Waals surface area contributed by atoms with Crippen LogP contribution < -0.4 is 0 Å². The summed E-state index contributed by atoms with van der Waals surface area (Å²) in [5.74, 6) is 1.27. The molecule has 0 aliphatic heterocycles. The van der Waals surface area contributed by atoms with Gasteiger partial charge in [0.1, 0.15) is 0 Å². The molecule has 0 radical (unpaired) electrons. The molecule has 1 rings (SSSR count). The first-order valence-corrected chi connectivity index (χ1v) is 6.80. The zero-order chi connectivity index (χ0) is 13.8. The lowest BCUT2D eigenvalue weighted by molar-refractivity contribution is -0.138. The van der Waals surface area contributed by atoms with Gasteiger partial charge in [-0.05, 0) is 23.6 Å². The third-order valence-corrected chi connectivity index (χ3v) is 4.11. The predicted octanol–water partition coefficient (Wildman–Crippen LogP) is 4.34. The quantitative estimate of drug-likeness (QED) is 0.809. The summed E-state index contributed by atoms with van der Waals surface area (Å²) in [7, 11) is 0. The molecule has 1 unspecified atom stereocenters. The first-order valence-electron chi connectivity index (χ1n) is 5.82. The summed E-state index contributed by atoms with van der Waals surface area (Å²) < 4.78 is 38.3. The highest BCUT2D eigenvalue weighted by molar-refractivity contribution is 7.99. The Kier molecular flexibility index (Phi) is 5.53. The van der Waals surface area contributed by atoms with Crippen LogP contribution in [0.4, 0.5) is 13.2 Å². The maximum absolute atomic E-state index is 12.8. The van der Waals surface area contributed by atoms with Crippen LogP contribution >= 0.6 is 11.8 Å². The zero-order valence-electron chi connectivity index (χ0n) is 10.4. The molecule has 102 valence electrons. The van der Waals surface area contributed by atoms with Crippen LogP contribution in [0.5, 0.6) is 0 Å². The molecule has 0 bridgehead atoms.